The third-order valence-electron chi connectivity index (χ3n) is 4.07. The molecule has 0 saturated carbocycles. The second-order valence-electron chi connectivity index (χ2n) is 6.25. The van der Waals surface area contributed by atoms with Gasteiger partial charge in [-0.15, -0.1) is 11.3 Å². The quantitative estimate of drug-likeness (QED) is 0.688. The molecule has 1 N–H and O–H groups in total. The van der Waals surface area contributed by atoms with Crippen LogP contribution in [-0.4, -0.2) is 21.4 Å². The van der Waals surface area contributed by atoms with E-state index >= 15 is 0 Å². The van der Waals surface area contributed by atoms with Crippen LogP contribution in [0.15, 0.2) is 64.9 Å². The topological polar surface area (TPSA) is 66.5 Å². The lowest BCUT2D eigenvalue weighted by Crippen LogP contribution is -2.28. The van der Waals surface area contributed by atoms with Crippen molar-refractivity contribution in [2.24, 2.45) is 0 Å². The van der Waals surface area contributed by atoms with Crippen LogP contribution in [0.2, 0.25) is 0 Å². The van der Waals surface area contributed by atoms with Crippen molar-refractivity contribution < 1.29 is 13.2 Å². The van der Waals surface area contributed by atoms with Crippen LogP contribution in [0.1, 0.15) is 20.8 Å². The van der Waals surface area contributed by atoms with Crippen LogP contribution in [0.25, 0.3) is 0 Å². The normalized spacial score (nSPS) is 11.2. The van der Waals surface area contributed by atoms with E-state index in [1.807, 2.05) is 32.0 Å². The Morgan fingerprint density at radius 3 is 2.26 bits per heavy atom. The fraction of sp³-hybridized carbons (Fsp3) is 0.150. The van der Waals surface area contributed by atoms with Crippen molar-refractivity contribution in [3.8, 4) is 0 Å². The Morgan fingerprint density at radius 2 is 1.63 bits per heavy atom. The van der Waals surface area contributed by atoms with Crippen molar-refractivity contribution in [2.75, 3.05) is 16.7 Å². The Labute approximate surface area is 163 Å². The zero-order valence-electron chi connectivity index (χ0n) is 15.3. The average molecular weight is 401 g/mol. The first-order chi connectivity index (χ1) is 12.8. The van der Waals surface area contributed by atoms with Gasteiger partial charge in [0.1, 0.15) is 4.88 Å². The van der Waals surface area contributed by atoms with E-state index in [4.69, 9.17) is 0 Å². The molecule has 0 unspecified atom stereocenters. The molecule has 0 saturated heterocycles. The highest BCUT2D eigenvalue weighted by Gasteiger charge is 2.26. The average Bonchev–Trinajstić information content (AvgIpc) is 3.10. The number of amides is 1. The zero-order chi connectivity index (χ0) is 19.6. The number of thiophene rings is 1. The summed E-state index contributed by atoms with van der Waals surface area (Å²) in [5.74, 6) is -0.333. The number of rotatable bonds is 5. The molecule has 0 spiro atoms. The SMILES string of the molecule is Cc1cc(C)cc(NC(=O)c2sccc2N(C)S(=O)(=O)c2ccccc2)c1. The number of anilines is 2. The molecule has 0 aliphatic heterocycles. The number of carbonyl (C=O) groups excluding carboxylic acids is 1. The van der Waals surface area contributed by atoms with Gasteiger partial charge in [0.2, 0.25) is 0 Å². The van der Waals surface area contributed by atoms with Gasteiger partial charge in [-0.3, -0.25) is 9.10 Å². The van der Waals surface area contributed by atoms with E-state index in [0.717, 1.165) is 15.4 Å². The maximum Gasteiger partial charge on any atom is 0.267 e. The molecule has 0 aliphatic carbocycles. The Hall–Kier alpha value is -2.64. The first-order valence-electron chi connectivity index (χ1n) is 8.30. The summed E-state index contributed by atoms with van der Waals surface area (Å²) in [6, 6.07) is 15.6. The summed E-state index contributed by atoms with van der Waals surface area (Å²) in [4.78, 5) is 13.3. The van der Waals surface area contributed by atoms with Crippen LogP contribution in [0.5, 0.6) is 0 Å². The standard InChI is InChI=1S/C20H20N2O3S2/c1-14-11-15(2)13-16(12-14)21-20(23)19-18(9-10-26-19)22(3)27(24,25)17-7-5-4-6-8-17/h4-13H,1-3H3,(H,21,23). The highest BCUT2D eigenvalue weighted by molar-refractivity contribution is 7.92. The number of sulfonamides is 1. The fourth-order valence-corrected chi connectivity index (χ4v) is 4.94. The van der Waals surface area contributed by atoms with Gasteiger partial charge in [-0.05, 0) is 60.7 Å². The van der Waals surface area contributed by atoms with Gasteiger partial charge < -0.3 is 5.32 Å². The lowest BCUT2D eigenvalue weighted by molar-refractivity contribution is 0.103. The Bertz CT molecular complexity index is 1050. The summed E-state index contributed by atoms with van der Waals surface area (Å²) in [5, 5.41) is 4.57. The minimum atomic E-state index is -3.74. The van der Waals surface area contributed by atoms with Gasteiger partial charge in [0.25, 0.3) is 15.9 Å². The number of hydrogen-bond acceptors (Lipinski definition) is 4. The maximum absolute atomic E-state index is 12.9. The predicted molar refractivity (Wildman–Crippen MR) is 110 cm³/mol. The van der Waals surface area contributed by atoms with Gasteiger partial charge in [0.05, 0.1) is 10.6 Å². The van der Waals surface area contributed by atoms with Crippen molar-refractivity contribution in [1.29, 1.82) is 0 Å². The number of nitrogens with one attached hydrogen (secondary N) is 1. The van der Waals surface area contributed by atoms with E-state index in [1.165, 1.54) is 30.5 Å². The van der Waals surface area contributed by atoms with Gasteiger partial charge in [-0.2, -0.15) is 0 Å². The molecule has 1 amide bonds. The lowest BCUT2D eigenvalue weighted by Gasteiger charge is -2.19. The third kappa shape index (κ3) is 4.04. The molecule has 2 aromatic carbocycles. The Balaban J connectivity index is 1.90. The number of hydrogen-bond donors (Lipinski definition) is 1. The van der Waals surface area contributed by atoms with Crippen LogP contribution in [0, 0.1) is 13.8 Å². The molecule has 3 rings (SSSR count). The van der Waals surface area contributed by atoms with Gasteiger partial charge in [0.15, 0.2) is 0 Å². The fourth-order valence-electron chi connectivity index (χ4n) is 2.84. The number of benzene rings is 2. The van der Waals surface area contributed by atoms with Crippen LogP contribution < -0.4 is 9.62 Å². The van der Waals surface area contributed by atoms with Gasteiger partial charge in [-0.25, -0.2) is 8.42 Å². The largest absolute Gasteiger partial charge is 0.321 e. The van der Waals surface area contributed by atoms with E-state index in [9.17, 15) is 13.2 Å². The van der Waals surface area contributed by atoms with Gasteiger partial charge >= 0.3 is 0 Å². The van der Waals surface area contributed by atoms with E-state index in [-0.39, 0.29) is 10.8 Å². The van der Waals surface area contributed by atoms with Gasteiger partial charge in [0, 0.05) is 12.7 Å². The number of carbonyl (C=O) groups is 1. The minimum Gasteiger partial charge on any atom is -0.321 e. The summed E-state index contributed by atoms with van der Waals surface area (Å²) >= 11 is 1.21. The van der Waals surface area contributed by atoms with Crippen molar-refractivity contribution in [3.05, 3.63) is 76.0 Å². The van der Waals surface area contributed by atoms with Crippen molar-refractivity contribution in [3.63, 3.8) is 0 Å². The van der Waals surface area contributed by atoms with Crippen LogP contribution in [0.3, 0.4) is 0 Å². The monoisotopic (exact) mass is 400 g/mol. The molecule has 7 heteroatoms. The number of nitrogens with zero attached hydrogens (tertiary/aromatic N) is 1. The second-order valence-corrected chi connectivity index (χ2v) is 9.14. The molecular weight excluding hydrogens is 380 g/mol. The lowest BCUT2D eigenvalue weighted by atomic mass is 10.1. The smallest absolute Gasteiger partial charge is 0.267 e. The predicted octanol–water partition coefficient (Wildman–Crippen LogP) is 4.44. The molecular formula is C20H20N2O3S2. The van der Waals surface area contributed by atoms with Crippen molar-refractivity contribution in [1.82, 2.24) is 0 Å². The molecule has 0 atom stereocenters. The molecule has 0 fully saturated rings. The van der Waals surface area contributed by atoms with E-state index in [0.29, 0.717) is 16.3 Å². The first kappa shape index (κ1) is 19.1. The molecule has 0 bridgehead atoms. The zero-order valence-corrected chi connectivity index (χ0v) is 16.9. The van der Waals surface area contributed by atoms with Crippen molar-refractivity contribution in [2.45, 2.75) is 18.7 Å². The summed E-state index contributed by atoms with van der Waals surface area (Å²) in [7, 11) is -2.29. The molecule has 1 aromatic heterocycles. The van der Waals surface area contributed by atoms with Crippen LogP contribution >= 0.6 is 11.3 Å². The van der Waals surface area contributed by atoms with Crippen molar-refractivity contribution >= 4 is 38.6 Å². The van der Waals surface area contributed by atoms with E-state index in [1.54, 1.807) is 29.6 Å². The molecule has 140 valence electrons. The highest BCUT2D eigenvalue weighted by Crippen LogP contribution is 2.30. The molecule has 1 heterocycles. The molecule has 0 aliphatic rings. The first-order valence-corrected chi connectivity index (χ1v) is 10.6. The van der Waals surface area contributed by atoms with Crippen LogP contribution in [0.4, 0.5) is 11.4 Å². The molecule has 5 nitrogen and oxygen atoms in total. The number of aryl methyl sites for hydroxylation is 2. The highest BCUT2D eigenvalue weighted by atomic mass is 32.2. The van der Waals surface area contributed by atoms with E-state index in [2.05, 4.69) is 5.32 Å². The summed E-state index contributed by atoms with van der Waals surface area (Å²) in [6.45, 7) is 3.92. The third-order valence-corrected chi connectivity index (χ3v) is 6.76. The maximum atomic E-state index is 12.9. The summed E-state index contributed by atoms with van der Waals surface area (Å²) < 4.78 is 26.9. The summed E-state index contributed by atoms with van der Waals surface area (Å²) in [5.41, 5.74) is 3.12. The summed E-state index contributed by atoms with van der Waals surface area (Å²) in [6.07, 6.45) is 0. The Morgan fingerprint density at radius 1 is 1.00 bits per heavy atom. The second kappa shape index (κ2) is 7.54. The van der Waals surface area contributed by atoms with Gasteiger partial charge in [-0.1, -0.05) is 24.3 Å². The van der Waals surface area contributed by atoms with Crippen LogP contribution in [-0.2, 0) is 10.0 Å². The minimum absolute atomic E-state index is 0.180. The van der Waals surface area contributed by atoms with E-state index < -0.39 is 10.0 Å². The molecule has 0 radical (unpaired) electrons. The molecule has 27 heavy (non-hydrogen) atoms. The molecule has 3 aromatic rings. The Kier molecular flexibility index (Phi) is 5.34.